The second kappa shape index (κ2) is 5.43. The number of hydrogen-bond donors (Lipinski definition) is 1. The van der Waals surface area contributed by atoms with E-state index in [2.05, 4.69) is 0 Å². The summed E-state index contributed by atoms with van der Waals surface area (Å²) in [5.41, 5.74) is 1.65. The van der Waals surface area contributed by atoms with Gasteiger partial charge in [-0.3, -0.25) is 4.39 Å². The molecule has 16 heavy (non-hydrogen) atoms. The zero-order valence-electron chi connectivity index (χ0n) is 8.93. The molecule has 3 nitrogen and oxygen atoms in total. The highest BCUT2D eigenvalue weighted by Gasteiger charge is 2.25. The van der Waals surface area contributed by atoms with Crippen LogP contribution in [-0.4, -0.2) is 32.1 Å². The van der Waals surface area contributed by atoms with E-state index < -0.39 is 12.8 Å². The highest BCUT2D eigenvalue weighted by Crippen LogP contribution is 2.15. The van der Waals surface area contributed by atoms with E-state index in [1.807, 2.05) is 12.1 Å². The SMILES string of the molecule is O[C@@H](CCF)c1ccc(B2OCCO2)cc1. The minimum atomic E-state index is -0.732. The molecule has 0 radical (unpaired) electrons. The summed E-state index contributed by atoms with van der Waals surface area (Å²) in [6.07, 6.45) is -0.597. The summed E-state index contributed by atoms with van der Waals surface area (Å²) in [6.45, 7) is 0.700. The maximum absolute atomic E-state index is 12.1. The van der Waals surface area contributed by atoms with E-state index in [0.29, 0.717) is 13.2 Å². The van der Waals surface area contributed by atoms with Crippen LogP contribution in [-0.2, 0) is 9.31 Å². The number of rotatable bonds is 4. The van der Waals surface area contributed by atoms with Crippen molar-refractivity contribution in [3.05, 3.63) is 29.8 Å². The van der Waals surface area contributed by atoms with E-state index in [1.54, 1.807) is 12.1 Å². The van der Waals surface area contributed by atoms with E-state index in [1.165, 1.54) is 0 Å². The first-order chi connectivity index (χ1) is 7.81. The van der Waals surface area contributed by atoms with Crippen LogP contribution in [0.4, 0.5) is 4.39 Å². The Bertz CT molecular complexity index is 325. The standard InChI is InChI=1S/C11H14BFO3/c13-6-5-11(14)9-1-3-10(4-2-9)12-15-7-8-16-12/h1-4,11,14H,5-8H2/t11-/m0/s1. The topological polar surface area (TPSA) is 38.7 Å². The molecule has 1 aromatic rings. The summed E-state index contributed by atoms with van der Waals surface area (Å²) in [5.74, 6) is 0. The highest BCUT2D eigenvalue weighted by molar-refractivity contribution is 6.61. The predicted octanol–water partition coefficient (Wildman–Crippen LogP) is 0.822. The van der Waals surface area contributed by atoms with Gasteiger partial charge >= 0.3 is 7.12 Å². The molecule has 0 bridgehead atoms. The fourth-order valence-corrected chi connectivity index (χ4v) is 1.70. The minimum Gasteiger partial charge on any atom is -0.405 e. The summed E-state index contributed by atoms with van der Waals surface area (Å²) in [7, 11) is -0.299. The molecule has 0 unspecified atom stereocenters. The molecule has 1 fully saturated rings. The highest BCUT2D eigenvalue weighted by atomic mass is 19.1. The van der Waals surface area contributed by atoms with Crippen molar-refractivity contribution in [2.75, 3.05) is 19.9 Å². The first kappa shape index (κ1) is 11.6. The molecule has 86 valence electrons. The van der Waals surface area contributed by atoms with Crippen LogP contribution in [0.15, 0.2) is 24.3 Å². The minimum absolute atomic E-state index is 0.135. The lowest BCUT2D eigenvalue weighted by Crippen LogP contribution is -2.31. The van der Waals surface area contributed by atoms with Crippen LogP contribution in [0, 0.1) is 0 Å². The van der Waals surface area contributed by atoms with Gasteiger partial charge in [0.2, 0.25) is 0 Å². The summed E-state index contributed by atoms with van der Waals surface area (Å²) < 4.78 is 22.7. The molecule has 2 rings (SSSR count). The Morgan fingerprint density at radius 2 is 1.88 bits per heavy atom. The zero-order chi connectivity index (χ0) is 11.4. The van der Waals surface area contributed by atoms with Crippen LogP contribution >= 0.6 is 0 Å². The molecule has 1 saturated heterocycles. The quantitative estimate of drug-likeness (QED) is 0.769. The molecule has 5 heteroatoms. The average Bonchev–Trinajstić information content (AvgIpc) is 2.83. The fraction of sp³-hybridized carbons (Fsp3) is 0.455. The van der Waals surface area contributed by atoms with Crippen LogP contribution in [0.1, 0.15) is 18.1 Å². The van der Waals surface area contributed by atoms with Gasteiger partial charge in [0.1, 0.15) is 0 Å². The van der Waals surface area contributed by atoms with Crippen molar-refractivity contribution in [1.29, 1.82) is 0 Å². The summed E-state index contributed by atoms with van der Waals surface area (Å²) in [6, 6.07) is 7.24. The average molecular weight is 224 g/mol. The lowest BCUT2D eigenvalue weighted by Gasteiger charge is -2.10. The molecule has 1 aliphatic heterocycles. The molecular formula is C11H14BFO3. The number of aliphatic hydroxyl groups is 1. The van der Waals surface area contributed by atoms with Crippen molar-refractivity contribution in [2.24, 2.45) is 0 Å². The second-order valence-corrected chi connectivity index (χ2v) is 3.73. The van der Waals surface area contributed by atoms with E-state index in [-0.39, 0.29) is 13.5 Å². The van der Waals surface area contributed by atoms with Crippen molar-refractivity contribution < 1.29 is 18.8 Å². The second-order valence-electron chi connectivity index (χ2n) is 3.73. The van der Waals surface area contributed by atoms with Crippen LogP contribution in [0.25, 0.3) is 0 Å². The molecular weight excluding hydrogens is 210 g/mol. The summed E-state index contributed by atoms with van der Waals surface area (Å²) >= 11 is 0. The van der Waals surface area contributed by atoms with Crippen molar-refractivity contribution in [1.82, 2.24) is 0 Å². The first-order valence-electron chi connectivity index (χ1n) is 5.38. The Hall–Kier alpha value is -0.905. The third kappa shape index (κ3) is 2.61. The first-order valence-corrected chi connectivity index (χ1v) is 5.38. The third-order valence-electron chi connectivity index (χ3n) is 2.60. The van der Waals surface area contributed by atoms with Crippen LogP contribution in [0.5, 0.6) is 0 Å². The van der Waals surface area contributed by atoms with Gasteiger partial charge in [-0.2, -0.15) is 0 Å². The van der Waals surface area contributed by atoms with Gasteiger partial charge in [0, 0.05) is 6.42 Å². The maximum Gasteiger partial charge on any atom is 0.494 e. The number of hydrogen-bond acceptors (Lipinski definition) is 3. The van der Waals surface area contributed by atoms with Crippen molar-refractivity contribution >= 4 is 12.6 Å². The van der Waals surface area contributed by atoms with E-state index in [9.17, 15) is 9.50 Å². The lowest BCUT2D eigenvalue weighted by atomic mass is 9.79. The van der Waals surface area contributed by atoms with Crippen molar-refractivity contribution in [3.8, 4) is 0 Å². The Kier molecular flexibility index (Phi) is 3.93. The maximum atomic E-state index is 12.1. The van der Waals surface area contributed by atoms with Gasteiger partial charge in [0.15, 0.2) is 0 Å². The molecule has 1 aliphatic rings. The van der Waals surface area contributed by atoms with Crippen molar-refractivity contribution in [3.63, 3.8) is 0 Å². The van der Waals surface area contributed by atoms with Crippen LogP contribution in [0.2, 0.25) is 0 Å². The summed E-state index contributed by atoms with van der Waals surface area (Å²) in [4.78, 5) is 0. The summed E-state index contributed by atoms with van der Waals surface area (Å²) in [5, 5.41) is 9.57. The molecule has 0 aliphatic carbocycles. The zero-order valence-corrected chi connectivity index (χ0v) is 8.93. The van der Waals surface area contributed by atoms with Gasteiger partial charge in [0.05, 0.1) is 26.0 Å². The molecule has 0 aromatic heterocycles. The van der Waals surface area contributed by atoms with Gasteiger partial charge in [-0.1, -0.05) is 24.3 Å². The molecule has 1 heterocycles. The smallest absolute Gasteiger partial charge is 0.405 e. The molecule has 0 saturated carbocycles. The van der Waals surface area contributed by atoms with E-state index >= 15 is 0 Å². The number of benzene rings is 1. The Morgan fingerprint density at radius 3 is 2.44 bits per heavy atom. The molecule has 1 aromatic carbocycles. The molecule has 0 amide bonds. The Morgan fingerprint density at radius 1 is 1.25 bits per heavy atom. The molecule has 1 N–H and O–H groups in total. The largest absolute Gasteiger partial charge is 0.494 e. The van der Waals surface area contributed by atoms with E-state index in [0.717, 1.165) is 11.0 Å². The third-order valence-corrected chi connectivity index (χ3v) is 2.60. The van der Waals surface area contributed by atoms with Crippen LogP contribution < -0.4 is 5.46 Å². The molecule has 0 spiro atoms. The van der Waals surface area contributed by atoms with Gasteiger partial charge in [-0.15, -0.1) is 0 Å². The normalized spacial score (nSPS) is 17.8. The Balaban J connectivity index is 2.03. The van der Waals surface area contributed by atoms with Gasteiger partial charge in [-0.25, -0.2) is 0 Å². The van der Waals surface area contributed by atoms with E-state index in [4.69, 9.17) is 9.31 Å². The van der Waals surface area contributed by atoms with Crippen LogP contribution in [0.3, 0.4) is 0 Å². The monoisotopic (exact) mass is 224 g/mol. The number of alkyl halides is 1. The fourth-order valence-electron chi connectivity index (χ4n) is 1.70. The number of halogens is 1. The predicted molar refractivity (Wildman–Crippen MR) is 59.3 cm³/mol. The molecule has 1 atom stereocenters. The van der Waals surface area contributed by atoms with Gasteiger partial charge in [-0.05, 0) is 11.0 Å². The lowest BCUT2D eigenvalue weighted by molar-refractivity contribution is 0.156. The van der Waals surface area contributed by atoms with Gasteiger partial charge < -0.3 is 14.4 Å². The van der Waals surface area contributed by atoms with Gasteiger partial charge in [0.25, 0.3) is 0 Å². The van der Waals surface area contributed by atoms with Crippen molar-refractivity contribution in [2.45, 2.75) is 12.5 Å². The number of aliphatic hydroxyl groups excluding tert-OH is 1. The Labute approximate surface area is 94.3 Å².